The van der Waals surface area contributed by atoms with Crippen LogP contribution < -0.4 is 4.90 Å². The first-order valence-electron chi connectivity index (χ1n) is 17.9. The van der Waals surface area contributed by atoms with E-state index in [0.717, 1.165) is 45.2 Å². The molecule has 7 aromatic carbocycles. The predicted octanol–water partition coefficient (Wildman–Crippen LogP) is 13.4. The molecule has 8 aromatic rings. The number of nitrogens with zero attached hydrogens (tertiary/aromatic N) is 2. The Morgan fingerprint density at radius 1 is 0.558 bits per heavy atom. The normalized spacial score (nSPS) is 13.9. The van der Waals surface area contributed by atoms with Crippen LogP contribution in [0.5, 0.6) is 0 Å². The van der Waals surface area contributed by atoms with E-state index < -0.39 is 0 Å². The first kappa shape index (κ1) is 30.9. The SMILES string of the molecule is CC1(C)c2ccccc2-c2c(-c3cccc4c3CSC4)cc(N(c3ccc(-c4ccccc4)cc3)c3cccc(-c4nc5ccccc5o4)c3)cc21. The first-order chi connectivity index (χ1) is 25.5. The molecule has 0 bridgehead atoms. The van der Waals surface area contributed by atoms with E-state index in [1.54, 1.807) is 0 Å². The van der Waals surface area contributed by atoms with Gasteiger partial charge in [0.15, 0.2) is 5.58 Å². The van der Waals surface area contributed by atoms with Crippen molar-refractivity contribution in [3.8, 4) is 44.8 Å². The number of benzene rings is 7. The Kier molecular flexibility index (Phi) is 7.23. The highest BCUT2D eigenvalue weighted by Gasteiger charge is 2.38. The van der Waals surface area contributed by atoms with Gasteiger partial charge in [0.2, 0.25) is 5.89 Å². The molecule has 0 atom stereocenters. The maximum Gasteiger partial charge on any atom is 0.227 e. The second kappa shape index (κ2) is 12.1. The van der Waals surface area contributed by atoms with Crippen LogP contribution in [0.2, 0.25) is 0 Å². The van der Waals surface area contributed by atoms with Crippen LogP contribution in [0.4, 0.5) is 17.1 Å². The molecular weight excluding hydrogens is 653 g/mol. The van der Waals surface area contributed by atoms with Crippen LogP contribution in [-0.4, -0.2) is 4.98 Å². The molecule has 250 valence electrons. The molecule has 0 radical (unpaired) electrons. The smallest absolute Gasteiger partial charge is 0.227 e. The molecule has 0 amide bonds. The minimum absolute atomic E-state index is 0.174. The average Bonchev–Trinajstić information content (AvgIpc) is 3.91. The largest absolute Gasteiger partial charge is 0.436 e. The van der Waals surface area contributed by atoms with Crippen LogP contribution >= 0.6 is 11.8 Å². The fourth-order valence-electron chi connectivity index (χ4n) is 8.25. The van der Waals surface area contributed by atoms with Crippen molar-refractivity contribution in [2.45, 2.75) is 30.8 Å². The Morgan fingerprint density at radius 2 is 1.29 bits per heavy atom. The van der Waals surface area contributed by atoms with E-state index in [2.05, 4.69) is 152 Å². The first-order valence-corrected chi connectivity index (χ1v) is 19.1. The van der Waals surface area contributed by atoms with Crippen LogP contribution in [-0.2, 0) is 16.9 Å². The lowest BCUT2D eigenvalue weighted by Gasteiger charge is -2.30. The van der Waals surface area contributed by atoms with Crippen molar-refractivity contribution < 1.29 is 4.42 Å². The number of hydrogen-bond acceptors (Lipinski definition) is 4. The Hall–Kier alpha value is -5.84. The van der Waals surface area contributed by atoms with Gasteiger partial charge in [0, 0.05) is 39.5 Å². The standard InChI is InChI=1S/C48H36N2OS/c1-48(2)42-19-7-6-17-39(42)46-40(38-18-11-15-34-29-52-30-41(34)38)27-37(28-43(46)48)50(35-24-22-32(23-25-35)31-12-4-3-5-13-31)36-16-10-14-33(26-36)47-49-44-20-8-9-21-45(44)51-47/h3-28H,29-30H2,1-2H3. The number of rotatable bonds is 6. The van der Waals surface area contributed by atoms with Gasteiger partial charge in [-0.2, -0.15) is 11.8 Å². The average molecular weight is 689 g/mol. The lowest BCUT2D eigenvalue weighted by atomic mass is 9.81. The van der Waals surface area contributed by atoms with Gasteiger partial charge in [0.05, 0.1) is 0 Å². The molecule has 4 heteroatoms. The van der Waals surface area contributed by atoms with Gasteiger partial charge in [-0.25, -0.2) is 4.98 Å². The summed E-state index contributed by atoms with van der Waals surface area (Å²) in [6, 6.07) is 56.9. The van der Waals surface area contributed by atoms with Gasteiger partial charge >= 0.3 is 0 Å². The number of thioether (sulfide) groups is 1. The van der Waals surface area contributed by atoms with Crippen molar-refractivity contribution in [3.63, 3.8) is 0 Å². The van der Waals surface area contributed by atoms with Crippen molar-refractivity contribution in [1.29, 1.82) is 0 Å². The van der Waals surface area contributed by atoms with E-state index in [0.29, 0.717) is 5.89 Å². The molecule has 0 saturated carbocycles. The minimum atomic E-state index is -0.174. The summed E-state index contributed by atoms with van der Waals surface area (Å²) in [5.41, 5.74) is 19.0. The zero-order chi connectivity index (χ0) is 34.8. The molecule has 10 rings (SSSR count). The van der Waals surface area contributed by atoms with E-state index in [9.17, 15) is 0 Å². The molecule has 0 spiro atoms. The third kappa shape index (κ3) is 5.01. The van der Waals surface area contributed by atoms with Gasteiger partial charge in [-0.3, -0.25) is 0 Å². The number of hydrogen-bond donors (Lipinski definition) is 0. The van der Waals surface area contributed by atoms with E-state index in [1.165, 1.54) is 55.6 Å². The number of fused-ring (bicyclic) bond motifs is 5. The zero-order valence-electron chi connectivity index (χ0n) is 29.1. The Bertz CT molecular complexity index is 2600. The summed E-state index contributed by atoms with van der Waals surface area (Å²) in [5, 5.41) is 0. The summed E-state index contributed by atoms with van der Waals surface area (Å²) >= 11 is 2.01. The van der Waals surface area contributed by atoms with E-state index >= 15 is 0 Å². The third-order valence-electron chi connectivity index (χ3n) is 10.9. The Balaban J connectivity index is 1.21. The fraction of sp³-hybridized carbons (Fsp3) is 0.104. The topological polar surface area (TPSA) is 29.3 Å². The Labute approximate surface area is 308 Å². The Morgan fingerprint density at radius 3 is 2.15 bits per heavy atom. The van der Waals surface area contributed by atoms with Crippen LogP contribution in [0.15, 0.2) is 162 Å². The highest BCUT2D eigenvalue weighted by atomic mass is 32.2. The molecule has 0 N–H and O–H groups in total. The van der Waals surface area contributed by atoms with Gasteiger partial charge in [0.25, 0.3) is 0 Å². The number of oxazole rings is 1. The molecule has 2 aliphatic rings. The lowest BCUT2D eigenvalue weighted by Crippen LogP contribution is -2.17. The van der Waals surface area contributed by atoms with Crippen molar-refractivity contribution in [3.05, 3.63) is 180 Å². The number of para-hydroxylation sites is 2. The maximum absolute atomic E-state index is 6.28. The van der Waals surface area contributed by atoms with E-state index in [-0.39, 0.29) is 5.41 Å². The minimum Gasteiger partial charge on any atom is -0.436 e. The van der Waals surface area contributed by atoms with Crippen LogP contribution in [0.25, 0.3) is 55.9 Å². The molecular formula is C48H36N2OS. The maximum atomic E-state index is 6.28. The highest BCUT2D eigenvalue weighted by molar-refractivity contribution is 7.98. The molecule has 0 fully saturated rings. The monoisotopic (exact) mass is 688 g/mol. The van der Waals surface area contributed by atoms with E-state index in [1.807, 2.05) is 36.0 Å². The molecule has 3 nitrogen and oxygen atoms in total. The summed E-state index contributed by atoms with van der Waals surface area (Å²) in [5.74, 6) is 2.72. The zero-order valence-corrected chi connectivity index (χ0v) is 30.0. The molecule has 1 aliphatic heterocycles. The summed E-state index contributed by atoms with van der Waals surface area (Å²) < 4.78 is 6.28. The van der Waals surface area contributed by atoms with Gasteiger partial charge in [0.1, 0.15) is 5.52 Å². The quantitative estimate of drug-likeness (QED) is 0.174. The third-order valence-corrected chi connectivity index (χ3v) is 11.9. The van der Waals surface area contributed by atoms with Crippen LogP contribution in [0.3, 0.4) is 0 Å². The summed E-state index contributed by atoms with van der Waals surface area (Å²) in [6.07, 6.45) is 0. The molecule has 0 unspecified atom stereocenters. The molecule has 52 heavy (non-hydrogen) atoms. The molecule has 1 aromatic heterocycles. The predicted molar refractivity (Wildman–Crippen MR) is 218 cm³/mol. The fourth-order valence-corrected chi connectivity index (χ4v) is 9.39. The number of anilines is 3. The van der Waals surface area contributed by atoms with Gasteiger partial charge in [-0.05, 0) is 110 Å². The van der Waals surface area contributed by atoms with Crippen LogP contribution in [0, 0.1) is 0 Å². The highest BCUT2D eigenvalue weighted by Crippen LogP contribution is 2.55. The summed E-state index contributed by atoms with van der Waals surface area (Å²) in [6.45, 7) is 4.76. The van der Waals surface area contributed by atoms with Crippen molar-refractivity contribution in [1.82, 2.24) is 4.98 Å². The van der Waals surface area contributed by atoms with Crippen molar-refractivity contribution in [2.75, 3.05) is 4.90 Å². The second-order valence-electron chi connectivity index (χ2n) is 14.3. The summed E-state index contributed by atoms with van der Waals surface area (Å²) in [7, 11) is 0. The van der Waals surface area contributed by atoms with Crippen molar-refractivity contribution in [2.24, 2.45) is 0 Å². The van der Waals surface area contributed by atoms with Gasteiger partial charge in [-0.15, -0.1) is 0 Å². The van der Waals surface area contributed by atoms with Gasteiger partial charge < -0.3 is 9.32 Å². The molecule has 0 saturated heterocycles. The molecule has 2 heterocycles. The lowest BCUT2D eigenvalue weighted by molar-refractivity contribution is 0.620. The number of aromatic nitrogens is 1. The van der Waals surface area contributed by atoms with E-state index in [4.69, 9.17) is 9.40 Å². The van der Waals surface area contributed by atoms with Crippen LogP contribution in [0.1, 0.15) is 36.1 Å². The second-order valence-corrected chi connectivity index (χ2v) is 15.3. The van der Waals surface area contributed by atoms with Gasteiger partial charge in [-0.1, -0.05) is 117 Å². The molecule has 1 aliphatic carbocycles. The van der Waals surface area contributed by atoms with Crippen molar-refractivity contribution >= 4 is 39.9 Å². The summed E-state index contributed by atoms with van der Waals surface area (Å²) in [4.78, 5) is 7.27.